The van der Waals surface area contributed by atoms with Gasteiger partial charge in [0, 0.05) is 0 Å². The van der Waals surface area contributed by atoms with Crippen molar-refractivity contribution >= 4 is 30.5 Å². The first-order chi connectivity index (χ1) is 8.50. The zero-order valence-corrected chi connectivity index (χ0v) is 13.8. The van der Waals surface area contributed by atoms with Crippen LogP contribution in [0.25, 0.3) is 5.82 Å². The maximum absolute atomic E-state index is 5.60. The number of rotatable bonds is 4. The molecule has 0 atom stereocenters. The Morgan fingerprint density at radius 1 is 1.44 bits per heavy atom. The number of aromatic nitrogens is 2. The molecule has 5 heteroatoms. The van der Waals surface area contributed by atoms with Crippen LogP contribution in [0.2, 0.25) is 0 Å². The van der Waals surface area contributed by atoms with E-state index in [4.69, 9.17) is 3.53 Å². The molecule has 0 spiro atoms. The SMILES string of the molecule is CCCc1ccn(C2=C([O][Ga])C(C)(C)C(C)=N2)n1. The Bertz CT molecular complexity index is 514. The van der Waals surface area contributed by atoms with E-state index in [1.54, 1.807) is 0 Å². The van der Waals surface area contributed by atoms with Crippen LogP contribution in [0, 0.1) is 5.41 Å². The number of aryl methyl sites for hydroxylation is 1. The third kappa shape index (κ3) is 2.17. The second kappa shape index (κ2) is 4.97. The second-order valence-electron chi connectivity index (χ2n) is 5.09. The van der Waals surface area contributed by atoms with Gasteiger partial charge in [-0.15, -0.1) is 0 Å². The van der Waals surface area contributed by atoms with E-state index in [1.807, 2.05) is 23.9 Å². The fraction of sp³-hybridized carbons (Fsp3) is 0.538. The van der Waals surface area contributed by atoms with Gasteiger partial charge in [0.25, 0.3) is 0 Å². The molecule has 0 N–H and O–H groups in total. The van der Waals surface area contributed by atoms with Crippen LogP contribution in [-0.4, -0.2) is 34.5 Å². The summed E-state index contributed by atoms with van der Waals surface area (Å²) in [6, 6.07) is 2.05. The first-order valence-corrected chi connectivity index (χ1v) is 7.21. The van der Waals surface area contributed by atoms with E-state index in [0.717, 1.165) is 35.8 Å². The summed E-state index contributed by atoms with van der Waals surface area (Å²) in [5.41, 5.74) is 2.03. The summed E-state index contributed by atoms with van der Waals surface area (Å²) in [6.07, 6.45) is 4.06. The molecule has 1 aromatic rings. The van der Waals surface area contributed by atoms with Gasteiger partial charge in [-0.1, -0.05) is 0 Å². The molecule has 0 saturated heterocycles. The Morgan fingerprint density at radius 3 is 2.78 bits per heavy atom. The summed E-state index contributed by atoms with van der Waals surface area (Å²) in [4.78, 5) is 4.62. The summed E-state index contributed by atoms with van der Waals surface area (Å²) in [5, 5.41) is 4.56. The van der Waals surface area contributed by atoms with Crippen molar-refractivity contribution in [3.8, 4) is 0 Å². The van der Waals surface area contributed by atoms with Gasteiger partial charge in [-0.25, -0.2) is 0 Å². The van der Waals surface area contributed by atoms with Crippen molar-refractivity contribution in [3.63, 3.8) is 0 Å². The van der Waals surface area contributed by atoms with Crippen molar-refractivity contribution in [2.75, 3.05) is 0 Å². The van der Waals surface area contributed by atoms with E-state index in [0.29, 0.717) is 0 Å². The van der Waals surface area contributed by atoms with Crippen LogP contribution in [-0.2, 0) is 9.95 Å². The Morgan fingerprint density at radius 2 is 2.17 bits per heavy atom. The van der Waals surface area contributed by atoms with Crippen LogP contribution in [0.15, 0.2) is 23.0 Å². The van der Waals surface area contributed by atoms with Gasteiger partial charge in [0.2, 0.25) is 0 Å². The van der Waals surface area contributed by atoms with E-state index in [9.17, 15) is 0 Å². The number of aliphatic imine (C=N–C) groups is 1. The number of allylic oxidation sites excluding steroid dienone is 1. The van der Waals surface area contributed by atoms with Crippen LogP contribution in [0.5, 0.6) is 0 Å². The average Bonchev–Trinajstić information content (AvgIpc) is 2.84. The van der Waals surface area contributed by atoms with Crippen LogP contribution < -0.4 is 0 Å². The van der Waals surface area contributed by atoms with E-state index >= 15 is 0 Å². The van der Waals surface area contributed by atoms with Gasteiger partial charge in [0.15, 0.2) is 0 Å². The van der Waals surface area contributed by atoms with Gasteiger partial charge in [0.1, 0.15) is 0 Å². The third-order valence-corrected chi connectivity index (χ3v) is 3.93. The Balaban J connectivity index is 2.42. The number of nitrogens with zero attached hydrogens (tertiary/aromatic N) is 3. The minimum absolute atomic E-state index is 0.136. The van der Waals surface area contributed by atoms with Crippen LogP contribution in [0.4, 0.5) is 0 Å². The van der Waals surface area contributed by atoms with Crippen LogP contribution in [0.3, 0.4) is 0 Å². The maximum atomic E-state index is 5.60. The molecular weight excluding hydrogens is 284 g/mol. The first-order valence-electron chi connectivity index (χ1n) is 6.23. The summed E-state index contributed by atoms with van der Waals surface area (Å²) >= 11 is 1.23. The van der Waals surface area contributed by atoms with E-state index in [1.165, 1.54) is 19.0 Å². The van der Waals surface area contributed by atoms with E-state index in [-0.39, 0.29) is 5.41 Å². The van der Waals surface area contributed by atoms with Crippen molar-refractivity contribution in [1.82, 2.24) is 9.78 Å². The molecule has 0 bridgehead atoms. The first kappa shape index (κ1) is 13.5. The summed E-state index contributed by atoms with van der Waals surface area (Å²) in [6.45, 7) is 8.45. The summed E-state index contributed by atoms with van der Waals surface area (Å²) < 4.78 is 7.43. The molecule has 1 aliphatic heterocycles. The molecule has 0 fully saturated rings. The Hall–Kier alpha value is -0.944. The van der Waals surface area contributed by atoms with Crippen molar-refractivity contribution < 1.29 is 3.53 Å². The number of hydrogen-bond donors (Lipinski definition) is 0. The molecule has 1 aromatic heterocycles. The second-order valence-corrected chi connectivity index (χ2v) is 5.59. The molecule has 2 rings (SSSR count). The predicted octanol–water partition coefficient (Wildman–Crippen LogP) is 2.56. The average molecular weight is 302 g/mol. The zero-order chi connectivity index (χ0) is 13.3. The van der Waals surface area contributed by atoms with Crippen LogP contribution in [0.1, 0.15) is 39.8 Å². The molecule has 0 saturated carbocycles. The van der Waals surface area contributed by atoms with Gasteiger partial charge in [0.05, 0.1) is 0 Å². The standard InChI is InChI=1S/C13H19N3O.Ga/c1-5-6-10-7-8-16(15-10)12-11(17)13(3,4)9(2)14-12;/h7-8,17H,5-6H2,1-4H3;/q;+1/p-1. The normalized spacial score (nSPS) is 18.1. The molecule has 0 unspecified atom stereocenters. The number of hydrogen-bond acceptors (Lipinski definition) is 3. The van der Waals surface area contributed by atoms with Gasteiger partial charge in [-0.05, 0) is 0 Å². The quantitative estimate of drug-likeness (QED) is 0.802. The molecular formula is C13H18GaN3O. The third-order valence-electron chi connectivity index (χ3n) is 3.43. The topological polar surface area (TPSA) is 39.4 Å². The van der Waals surface area contributed by atoms with Gasteiger partial charge < -0.3 is 0 Å². The molecule has 4 nitrogen and oxygen atoms in total. The van der Waals surface area contributed by atoms with E-state index in [2.05, 4.69) is 30.9 Å². The molecule has 0 amide bonds. The molecule has 0 aliphatic carbocycles. The molecule has 1 aliphatic rings. The van der Waals surface area contributed by atoms with E-state index < -0.39 is 0 Å². The minimum atomic E-state index is -0.136. The van der Waals surface area contributed by atoms with Gasteiger partial charge in [-0.2, -0.15) is 0 Å². The van der Waals surface area contributed by atoms with Crippen LogP contribution >= 0.6 is 0 Å². The molecule has 2 radical (unpaired) electrons. The summed E-state index contributed by atoms with van der Waals surface area (Å²) in [7, 11) is 0. The molecule has 2 heterocycles. The predicted molar refractivity (Wildman–Crippen MR) is 73.2 cm³/mol. The fourth-order valence-corrected chi connectivity index (χ4v) is 2.86. The monoisotopic (exact) mass is 301 g/mol. The van der Waals surface area contributed by atoms with Gasteiger partial charge >= 0.3 is 118 Å². The molecule has 18 heavy (non-hydrogen) atoms. The van der Waals surface area contributed by atoms with Crippen molar-refractivity contribution in [2.45, 2.75) is 40.5 Å². The molecule has 0 aromatic carbocycles. The Kier molecular flexibility index (Phi) is 3.73. The Labute approximate surface area is 118 Å². The molecule has 94 valence electrons. The van der Waals surface area contributed by atoms with Crippen molar-refractivity contribution in [1.29, 1.82) is 0 Å². The van der Waals surface area contributed by atoms with Gasteiger partial charge in [-0.3, -0.25) is 0 Å². The van der Waals surface area contributed by atoms with Crippen molar-refractivity contribution in [2.24, 2.45) is 10.4 Å². The summed E-state index contributed by atoms with van der Waals surface area (Å²) in [5.74, 6) is 1.73. The zero-order valence-electron chi connectivity index (χ0n) is 11.4. The van der Waals surface area contributed by atoms with Crippen molar-refractivity contribution in [3.05, 3.63) is 23.7 Å². The fourth-order valence-electron chi connectivity index (χ4n) is 2.02.